The van der Waals surface area contributed by atoms with Crippen molar-refractivity contribution >= 4 is 44.9 Å². The summed E-state index contributed by atoms with van der Waals surface area (Å²) in [6.45, 7) is 1.04. The summed E-state index contributed by atoms with van der Waals surface area (Å²) in [6, 6.07) is 36.5. The summed E-state index contributed by atoms with van der Waals surface area (Å²) in [6.07, 6.45) is 1.97. The molecule has 1 amide bonds. The first-order chi connectivity index (χ1) is 20.5. The van der Waals surface area contributed by atoms with Gasteiger partial charge in [0.2, 0.25) is 0 Å². The molecule has 0 aliphatic rings. The van der Waals surface area contributed by atoms with Gasteiger partial charge in [-0.2, -0.15) is 0 Å². The first-order valence-corrected chi connectivity index (χ1v) is 14.6. The highest BCUT2D eigenvalue weighted by Crippen LogP contribution is 2.31. The molecule has 4 aromatic carbocycles. The molecular weight excluding hydrogens is 612 g/mol. The summed E-state index contributed by atoms with van der Waals surface area (Å²) >= 11 is 10.1. The fourth-order valence-electron chi connectivity index (χ4n) is 4.54. The number of anilines is 1. The van der Waals surface area contributed by atoms with E-state index in [9.17, 15) is 4.79 Å². The van der Waals surface area contributed by atoms with Gasteiger partial charge in [-0.05, 0) is 75.6 Å². The number of rotatable bonds is 9. The first-order valence-electron chi connectivity index (χ1n) is 13.4. The van der Waals surface area contributed by atoms with Gasteiger partial charge in [-0.1, -0.05) is 72.3 Å². The average Bonchev–Trinajstić information content (AvgIpc) is 3.40. The summed E-state index contributed by atoms with van der Waals surface area (Å²) in [4.78, 5) is 17.5. The zero-order chi connectivity index (χ0) is 28.9. The van der Waals surface area contributed by atoms with Gasteiger partial charge in [-0.3, -0.25) is 9.20 Å². The summed E-state index contributed by atoms with van der Waals surface area (Å²) < 4.78 is 8.72. The van der Waals surface area contributed by atoms with Crippen LogP contribution in [-0.4, -0.2) is 15.3 Å². The predicted octanol–water partition coefficient (Wildman–Crippen LogP) is 8.75. The number of aromatic nitrogens is 2. The number of benzene rings is 4. The van der Waals surface area contributed by atoms with E-state index in [1.807, 2.05) is 89.5 Å². The van der Waals surface area contributed by atoms with Crippen molar-refractivity contribution in [3.05, 3.63) is 148 Å². The second kappa shape index (κ2) is 12.5. The molecule has 2 heterocycles. The highest BCUT2D eigenvalue weighted by Gasteiger charge is 2.12. The van der Waals surface area contributed by atoms with Crippen LogP contribution >= 0.6 is 27.5 Å². The molecule has 8 heteroatoms. The van der Waals surface area contributed by atoms with Crippen molar-refractivity contribution in [2.45, 2.75) is 13.1 Å². The third-order valence-corrected chi connectivity index (χ3v) is 7.71. The zero-order valence-corrected chi connectivity index (χ0v) is 24.8. The molecule has 6 rings (SSSR count). The van der Waals surface area contributed by atoms with Gasteiger partial charge in [0.05, 0.1) is 10.2 Å². The molecule has 208 valence electrons. The largest absolute Gasteiger partial charge is 0.457 e. The number of nitrogens with one attached hydrogen (secondary N) is 2. The summed E-state index contributed by atoms with van der Waals surface area (Å²) in [7, 11) is 0. The Balaban J connectivity index is 1.07. The Morgan fingerprint density at radius 1 is 0.810 bits per heavy atom. The maximum atomic E-state index is 12.7. The van der Waals surface area contributed by atoms with Gasteiger partial charge in [0.15, 0.2) is 5.65 Å². The lowest BCUT2D eigenvalue weighted by atomic mass is 10.1. The van der Waals surface area contributed by atoms with Crippen LogP contribution in [0, 0.1) is 0 Å². The normalized spacial score (nSPS) is 10.9. The maximum Gasteiger partial charge on any atom is 0.251 e. The Kier molecular flexibility index (Phi) is 8.21. The molecule has 0 aliphatic carbocycles. The Bertz CT molecular complexity index is 1840. The third-order valence-electron chi connectivity index (χ3n) is 6.77. The van der Waals surface area contributed by atoms with E-state index in [0.29, 0.717) is 29.4 Å². The minimum Gasteiger partial charge on any atom is -0.457 e. The van der Waals surface area contributed by atoms with E-state index >= 15 is 0 Å². The van der Waals surface area contributed by atoms with Gasteiger partial charge in [0, 0.05) is 41.5 Å². The molecule has 42 heavy (non-hydrogen) atoms. The zero-order valence-electron chi connectivity index (χ0n) is 22.4. The number of ether oxygens (including phenoxy) is 1. The van der Waals surface area contributed by atoms with Crippen molar-refractivity contribution in [1.82, 2.24) is 14.7 Å². The number of para-hydroxylation sites is 1. The number of halogens is 2. The molecule has 0 fully saturated rings. The molecule has 0 bridgehead atoms. The average molecular weight is 638 g/mol. The number of carbonyl (C=O) groups excluding carboxylic acids is 1. The van der Waals surface area contributed by atoms with E-state index in [0.717, 1.165) is 44.1 Å². The standard InChI is InChI=1S/C34H26BrClN4O2/c35-29-18-19-40-32(20-31(39-33(29)40)28-8-4-5-9-30(28)36)37-21-23-10-12-24(13-11-23)22-38-34(41)25-14-16-27(17-15-25)42-26-6-2-1-3-7-26/h1-20,37H,21-22H2,(H,38,41). The van der Waals surface area contributed by atoms with Crippen molar-refractivity contribution in [3.63, 3.8) is 0 Å². The molecule has 0 saturated heterocycles. The quantitative estimate of drug-likeness (QED) is 0.166. The van der Waals surface area contributed by atoms with Crippen LogP contribution < -0.4 is 15.4 Å². The van der Waals surface area contributed by atoms with Crippen molar-refractivity contribution in [3.8, 4) is 22.8 Å². The predicted molar refractivity (Wildman–Crippen MR) is 171 cm³/mol. The van der Waals surface area contributed by atoms with Gasteiger partial charge in [0.1, 0.15) is 17.3 Å². The van der Waals surface area contributed by atoms with Crippen molar-refractivity contribution in [2.75, 3.05) is 5.32 Å². The maximum absolute atomic E-state index is 12.7. The monoisotopic (exact) mass is 636 g/mol. The van der Waals surface area contributed by atoms with Crippen molar-refractivity contribution in [2.24, 2.45) is 0 Å². The number of amides is 1. The second-order valence-electron chi connectivity index (χ2n) is 9.66. The molecule has 6 aromatic rings. The van der Waals surface area contributed by atoms with Crippen LogP contribution in [0.1, 0.15) is 21.5 Å². The van der Waals surface area contributed by atoms with Crippen molar-refractivity contribution < 1.29 is 9.53 Å². The number of carbonyl (C=O) groups is 1. The highest BCUT2D eigenvalue weighted by molar-refractivity contribution is 9.10. The lowest BCUT2D eigenvalue weighted by molar-refractivity contribution is 0.0951. The van der Waals surface area contributed by atoms with Crippen LogP contribution in [0.3, 0.4) is 0 Å². The van der Waals surface area contributed by atoms with Crippen LogP contribution in [0.15, 0.2) is 126 Å². The minimum absolute atomic E-state index is 0.138. The topological polar surface area (TPSA) is 67.7 Å². The van der Waals surface area contributed by atoms with Gasteiger partial charge in [0.25, 0.3) is 5.91 Å². The molecule has 2 N–H and O–H groups in total. The highest BCUT2D eigenvalue weighted by atomic mass is 79.9. The second-order valence-corrected chi connectivity index (χ2v) is 10.9. The van der Waals surface area contributed by atoms with Gasteiger partial charge in [-0.25, -0.2) is 4.98 Å². The molecule has 0 unspecified atom stereocenters. The van der Waals surface area contributed by atoms with Crippen LogP contribution in [0.5, 0.6) is 11.5 Å². The smallest absolute Gasteiger partial charge is 0.251 e. The summed E-state index contributed by atoms with van der Waals surface area (Å²) in [5, 5.41) is 7.18. The number of hydrogen-bond donors (Lipinski definition) is 2. The fourth-order valence-corrected chi connectivity index (χ4v) is 5.17. The van der Waals surface area contributed by atoms with Gasteiger partial charge >= 0.3 is 0 Å². The molecule has 0 aliphatic heterocycles. The fraction of sp³-hybridized carbons (Fsp3) is 0.0588. The first kappa shape index (κ1) is 27.6. The minimum atomic E-state index is -0.138. The lowest BCUT2D eigenvalue weighted by Crippen LogP contribution is -2.22. The van der Waals surface area contributed by atoms with Gasteiger partial charge in [-0.15, -0.1) is 0 Å². The van der Waals surface area contributed by atoms with E-state index in [-0.39, 0.29) is 5.91 Å². The van der Waals surface area contributed by atoms with E-state index in [1.165, 1.54) is 0 Å². The molecule has 0 spiro atoms. The molecule has 0 saturated carbocycles. The lowest BCUT2D eigenvalue weighted by Gasteiger charge is -2.13. The Hall–Kier alpha value is -4.59. The SMILES string of the molecule is O=C(NCc1ccc(CNc2cc(-c3ccccc3Cl)nc3c(Br)ccn23)cc1)c1ccc(Oc2ccccc2)cc1. The Morgan fingerprint density at radius 3 is 2.21 bits per heavy atom. The molecule has 2 aromatic heterocycles. The molecule has 0 radical (unpaired) electrons. The number of fused-ring (bicyclic) bond motifs is 1. The van der Waals surface area contributed by atoms with Crippen LogP contribution in [-0.2, 0) is 13.1 Å². The molecule has 6 nitrogen and oxygen atoms in total. The number of nitrogens with zero attached hydrogens (tertiary/aromatic N) is 2. The van der Waals surface area contributed by atoms with E-state index in [2.05, 4.69) is 38.7 Å². The summed E-state index contributed by atoms with van der Waals surface area (Å²) in [5.41, 5.74) is 5.17. The molecule has 0 atom stereocenters. The van der Waals surface area contributed by atoms with Crippen LogP contribution in [0.25, 0.3) is 16.9 Å². The van der Waals surface area contributed by atoms with E-state index in [4.69, 9.17) is 21.3 Å². The third kappa shape index (κ3) is 6.33. The van der Waals surface area contributed by atoms with E-state index < -0.39 is 0 Å². The van der Waals surface area contributed by atoms with Crippen LogP contribution in [0.4, 0.5) is 5.82 Å². The van der Waals surface area contributed by atoms with Gasteiger partial charge < -0.3 is 15.4 Å². The van der Waals surface area contributed by atoms with Crippen molar-refractivity contribution in [1.29, 1.82) is 0 Å². The number of hydrogen-bond acceptors (Lipinski definition) is 4. The van der Waals surface area contributed by atoms with E-state index in [1.54, 1.807) is 24.3 Å². The Morgan fingerprint density at radius 2 is 1.48 bits per heavy atom. The molecular formula is C34H26BrClN4O2. The Labute approximate surface area is 257 Å². The van der Waals surface area contributed by atoms with Crippen LogP contribution in [0.2, 0.25) is 5.02 Å². The summed E-state index contributed by atoms with van der Waals surface area (Å²) in [5.74, 6) is 2.19.